The maximum absolute atomic E-state index is 5.42. The lowest BCUT2D eigenvalue weighted by Gasteiger charge is -2.21. The summed E-state index contributed by atoms with van der Waals surface area (Å²) in [5.74, 6) is 4.67. The highest BCUT2D eigenvalue weighted by Gasteiger charge is 2.14. The van der Waals surface area contributed by atoms with E-state index in [1.165, 1.54) is 24.3 Å². The number of aromatic nitrogens is 2. The van der Waals surface area contributed by atoms with E-state index < -0.39 is 0 Å². The summed E-state index contributed by atoms with van der Waals surface area (Å²) in [6.07, 6.45) is 2.59. The first-order valence-electron chi connectivity index (χ1n) is 6.58. The Morgan fingerprint density at radius 3 is 2.89 bits per heavy atom. The molecule has 0 radical (unpaired) electrons. The number of hydrogen-bond acceptors (Lipinski definition) is 5. The summed E-state index contributed by atoms with van der Waals surface area (Å²) < 4.78 is 5.42. The maximum Gasteiger partial charge on any atom is 0.226 e. The fourth-order valence-electron chi connectivity index (χ4n) is 2.03. The van der Waals surface area contributed by atoms with E-state index >= 15 is 0 Å². The van der Waals surface area contributed by atoms with Crippen molar-refractivity contribution in [3.05, 3.63) is 11.8 Å². The molecular formula is C13H21N3OS. The van der Waals surface area contributed by atoms with Crippen molar-refractivity contribution in [2.75, 3.05) is 30.0 Å². The van der Waals surface area contributed by atoms with Crippen LogP contribution in [0.2, 0.25) is 0 Å². The molecule has 1 fully saturated rings. The first-order chi connectivity index (χ1) is 8.78. The third kappa shape index (κ3) is 4.05. The van der Waals surface area contributed by atoms with Crippen LogP contribution in [-0.2, 0) is 0 Å². The van der Waals surface area contributed by atoms with Crippen LogP contribution < -0.4 is 10.1 Å². The van der Waals surface area contributed by atoms with E-state index in [0.29, 0.717) is 18.4 Å². The summed E-state index contributed by atoms with van der Waals surface area (Å²) in [7, 11) is 0. The molecule has 0 atom stereocenters. The van der Waals surface area contributed by atoms with Gasteiger partial charge in [-0.15, -0.1) is 0 Å². The van der Waals surface area contributed by atoms with Crippen LogP contribution >= 0.6 is 11.8 Å². The van der Waals surface area contributed by atoms with E-state index in [1.54, 1.807) is 0 Å². The normalized spacial score (nSPS) is 16.6. The van der Waals surface area contributed by atoms with E-state index in [4.69, 9.17) is 4.74 Å². The standard InChI is InChI=1S/C13H21N3OS/c1-3-17-12-8-10(2)15-13(16-12)14-9-11-4-6-18-7-5-11/h8,11H,3-7,9H2,1-2H3,(H,14,15,16). The molecule has 2 heterocycles. The molecule has 0 aliphatic carbocycles. The van der Waals surface area contributed by atoms with Gasteiger partial charge < -0.3 is 10.1 Å². The van der Waals surface area contributed by atoms with Gasteiger partial charge >= 0.3 is 0 Å². The minimum absolute atomic E-state index is 0.635. The van der Waals surface area contributed by atoms with E-state index in [0.717, 1.165) is 18.2 Å². The topological polar surface area (TPSA) is 47.0 Å². The quantitative estimate of drug-likeness (QED) is 0.889. The number of hydrogen-bond donors (Lipinski definition) is 1. The number of thioether (sulfide) groups is 1. The summed E-state index contributed by atoms with van der Waals surface area (Å²) in [4.78, 5) is 8.75. The van der Waals surface area contributed by atoms with Crippen LogP contribution in [0.1, 0.15) is 25.5 Å². The van der Waals surface area contributed by atoms with Crippen molar-refractivity contribution in [3.63, 3.8) is 0 Å². The minimum Gasteiger partial charge on any atom is -0.478 e. The largest absolute Gasteiger partial charge is 0.478 e. The molecule has 100 valence electrons. The maximum atomic E-state index is 5.42. The first-order valence-corrected chi connectivity index (χ1v) is 7.73. The van der Waals surface area contributed by atoms with Gasteiger partial charge in [-0.1, -0.05) is 0 Å². The predicted molar refractivity (Wildman–Crippen MR) is 76.5 cm³/mol. The van der Waals surface area contributed by atoms with Crippen molar-refractivity contribution in [1.29, 1.82) is 0 Å². The van der Waals surface area contributed by atoms with Gasteiger partial charge in [0.2, 0.25) is 11.8 Å². The van der Waals surface area contributed by atoms with Gasteiger partial charge in [0.15, 0.2) is 0 Å². The van der Waals surface area contributed by atoms with Gasteiger partial charge in [-0.25, -0.2) is 4.98 Å². The smallest absolute Gasteiger partial charge is 0.226 e. The number of aryl methyl sites for hydroxylation is 1. The zero-order valence-electron chi connectivity index (χ0n) is 11.1. The van der Waals surface area contributed by atoms with Crippen LogP contribution in [0.3, 0.4) is 0 Å². The Kier molecular flexibility index (Phi) is 5.11. The second-order valence-electron chi connectivity index (χ2n) is 4.54. The summed E-state index contributed by atoms with van der Waals surface area (Å²) in [5, 5.41) is 3.34. The average molecular weight is 267 g/mol. The fourth-order valence-corrected chi connectivity index (χ4v) is 3.23. The molecule has 0 aromatic carbocycles. The van der Waals surface area contributed by atoms with Crippen LogP contribution in [0.25, 0.3) is 0 Å². The summed E-state index contributed by atoms with van der Waals surface area (Å²) >= 11 is 2.05. The SMILES string of the molecule is CCOc1cc(C)nc(NCC2CCSCC2)n1. The van der Waals surface area contributed by atoms with E-state index in [1.807, 2.05) is 19.9 Å². The Labute approximate surface area is 113 Å². The summed E-state index contributed by atoms with van der Waals surface area (Å²) in [5.41, 5.74) is 0.940. The Hall–Kier alpha value is -0.970. The lowest BCUT2D eigenvalue weighted by Crippen LogP contribution is -2.20. The van der Waals surface area contributed by atoms with E-state index in [2.05, 4.69) is 27.0 Å². The molecule has 1 aliphatic rings. The van der Waals surface area contributed by atoms with Crippen molar-refractivity contribution in [2.45, 2.75) is 26.7 Å². The fraction of sp³-hybridized carbons (Fsp3) is 0.692. The lowest BCUT2D eigenvalue weighted by atomic mass is 10.0. The second-order valence-corrected chi connectivity index (χ2v) is 5.77. The van der Waals surface area contributed by atoms with Gasteiger partial charge in [0, 0.05) is 18.3 Å². The van der Waals surface area contributed by atoms with Gasteiger partial charge in [-0.2, -0.15) is 16.7 Å². The zero-order valence-corrected chi connectivity index (χ0v) is 11.9. The molecule has 0 saturated carbocycles. The van der Waals surface area contributed by atoms with Crippen molar-refractivity contribution >= 4 is 17.7 Å². The molecule has 1 aliphatic heterocycles. The van der Waals surface area contributed by atoms with Gasteiger partial charge in [0.25, 0.3) is 0 Å². The van der Waals surface area contributed by atoms with Crippen molar-refractivity contribution in [3.8, 4) is 5.88 Å². The number of rotatable bonds is 5. The molecule has 1 saturated heterocycles. The molecule has 18 heavy (non-hydrogen) atoms. The molecule has 4 nitrogen and oxygen atoms in total. The van der Waals surface area contributed by atoms with Gasteiger partial charge in [-0.3, -0.25) is 0 Å². The molecule has 0 unspecified atom stereocenters. The first kappa shape index (κ1) is 13.5. The average Bonchev–Trinajstić information content (AvgIpc) is 2.37. The van der Waals surface area contributed by atoms with E-state index in [9.17, 15) is 0 Å². The monoisotopic (exact) mass is 267 g/mol. The van der Waals surface area contributed by atoms with Crippen LogP contribution in [0.15, 0.2) is 6.07 Å². The van der Waals surface area contributed by atoms with Crippen molar-refractivity contribution in [2.24, 2.45) is 5.92 Å². The van der Waals surface area contributed by atoms with Crippen LogP contribution in [0.5, 0.6) is 5.88 Å². The highest BCUT2D eigenvalue weighted by Crippen LogP contribution is 2.23. The Morgan fingerprint density at radius 1 is 1.39 bits per heavy atom. The Balaban J connectivity index is 1.91. The number of ether oxygens (including phenoxy) is 1. The Morgan fingerprint density at radius 2 is 2.17 bits per heavy atom. The lowest BCUT2D eigenvalue weighted by molar-refractivity contribution is 0.326. The van der Waals surface area contributed by atoms with E-state index in [-0.39, 0.29) is 0 Å². The number of anilines is 1. The molecular weight excluding hydrogens is 246 g/mol. The number of nitrogens with zero attached hydrogens (tertiary/aromatic N) is 2. The second kappa shape index (κ2) is 6.83. The summed E-state index contributed by atoms with van der Waals surface area (Å²) in [6, 6.07) is 1.87. The number of nitrogens with one attached hydrogen (secondary N) is 1. The van der Waals surface area contributed by atoms with Gasteiger partial charge in [0.05, 0.1) is 6.61 Å². The molecule has 1 N–H and O–H groups in total. The molecule has 0 bridgehead atoms. The van der Waals surface area contributed by atoms with Gasteiger partial charge in [0.1, 0.15) is 0 Å². The van der Waals surface area contributed by atoms with Crippen LogP contribution in [-0.4, -0.2) is 34.6 Å². The van der Waals surface area contributed by atoms with Gasteiger partial charge in [-0.05, 0) is 44.1 Å². The van der Waals surface area contributed by atoms with Crippen LogP contribution in [0, 0.1) is 12.8 Å². The molecule has 5 heteroatoms. The molecule has 1 aromatic rings. The van der Waals surface area contributed by atoms with Crippen LogP contribution in [0.4, 0.5) is 5.95 Å². The minimum atomic E-state index is 0.635. The highest BCUT2D eigenvalue weighted by atomic mass is 32.2. The van der Waals surface area contributed by atoms with Crippen molar-refractivity contribution in [1.82, 2.24) is 9.97 Å². The van der Waals surface area contributed by atoms with Crippen molar-refractivity contribution < 1.29 is 4.74 Å². The predicted octanol–water partition coefficient (Wildman–Crippen LogP) is 2.74. The third-order valence-electron chi connectivity index (χ3n) is 3.01. The molecule has 1 aromatic heterocycles. The zero-order chi connectivity index (χ0) is 12.8. The highest BCUT2D eigenvalue weighted by molar-refractivity contribution is 7.99. The molecule has 2 rings (SSSR count). The third-order valence-corrected chi connectivity index (χ3v) is 4.06. The summed E-state index contributed by atoms with van der Waals surface area (Å²) in [6.45, 7) is 5.53. The Bertz CT molecular complexity index is 380. The molecule has 0 spiro atoms. The molecule has 0 amide bonds.